The van der Waals surface area contributed by atoms with E-state index >= 15 is 0 Å². The maximum Gasteiger partial charge on any atom is 0.275 e. The zero-order valence-corrected chi connectivity index (χ0v) is 13.8. The van der Waals surface area contributed by atoms with E-state index in [9.17, 15) is 20.0 Å². The maximum atomic E-state index is 12.5. The molecular weight excluding hydrogens is 334 g/mol. The molecule has 0 fully saturated rings. The molecule has 130 valence electrons. The minimum absolute atomic E-state index is 0.0601. The average Bonchev–Trinajstić information content (AvgIpc) is 2.65. The Morgan fingerprint density at radius 3 is 2.65 bits per heavy atom. The summed E-state index contributed by atoms with van der Waals surface area (Å²) < 4.78 is 0. The number of fused-ring (bicyclic) bond motifs is 1. The summed E-state index contributed by atoms with van der Waals surface area (Å²) in [7, 11) is 0. The molecule has 0 spiro atoms. The maximum absolute atomic E-state index is 12.5. The van der Waals surface area contributed by atoms with Crippen molar-refractivity contribution < 1.29 is 14.8 Å². The number of rotatable bonds is 4. The number of hydrogen-bond acceptors (Lipinski definition) is 5. The van der Waals surface area contributed by atoms with Crippen LogP contribution in [0.15, 0.2) is 65.8 Å². The SMILES string of the molecule is C/C(=N\NC(=O)c1c(O)ccc2ccccc12)c1cccc([N+](=O)[O-])c1. The van der Waals surface area contributed by atoms with Crippen LogP contribution in [-0.2, 0) is 0 Å². The fraction of sp³-hybridized carbons (Fsp3) is 0.0526. The van der Waals surface area contributed by atoms with Crippen LogP contribution < -0.4 is 5.43 Å². The Morgan fingerprint density at radius 2 is 1.88 bits per heavy atom. The lowest BCUT2D eigenvalue weighted by Crippen LogP contribution is -2.20. The van der Waals surface area contributed by atoms with Crippen LogP contribution in [0.2, 0.25) is 0 Å². The van der Waals surface area contributed by atoms with E-state index in [1.54, 1.807) is 37.3 Å². The van der Waals surface area contributed by atoms with Crippen molar-refractivity contribution in [3.63, 3.8) is 0 Å². The average molecular weight is 349 g/mol. The highest BCUT2D eigenvalue weighted by Crippen LogP contribution is 2.26. The first-order valence-electron chi connectivity index (χ1n) is 7.77. The number of amides is 1. The van der Waals surface area contributed by atoms with Gasteiger partial charge in [-0.1, -0.05) is 42.5 Å². The van der Waals surface area contributed by atoms with Gasteiger partial charge < -0.3 is 5.11 Å². The molecule has 2 N–H and O–H groups in total. The summed E-state index contributed by atoms with van der Waals surface area (Å²) in [5.74, 6) is -0.714. The standard InChI is InChI=1S/C19H15N3O4/c1-12(14-6-4-7-15(11-14)22(25)26)20-21-19(24)18-16-8-3-2-5-13(16)9-10-17(18)23/h2-11,23H,1H3,(H,21,24)/b20-12+. The number of nitro benzene ring substituents is 1. The summed E-state index contributed by atoms with van der Waals surface area (Å²) in [6.45, 7) is 1.63. The van der Waals surface area contributed by atoms with Crippen molar-refractivity contribution in [1.82, 2.24) is 5.43 Å². The Kier molecular flexibility index (Phi) is 4.62. The molecule has 0 aliphatic carbocycles. The molecule has 0 saturated heterocycles. The van der Waals surface area contributed by atoms with Gasteiger partial charge in [-0.05, 0) is 23.8 Å². The Hall–Kier alpha value is -3.74. The molecule has 7 heteroatoms. The molecule has 26 heavy (non-hydrogen) atoms. The fourth-order valence-electron chi connectivity index (χ4n) is 2.60. The summed E-state index contributed by atoms with van der Waals surface area (Å²) in [5.41, 5.74) is 3.38. The normalized spacial score (nSPS) is 11.3. The number of phenolic OH excluding ortho intramolecular Hbond substituents is 1. The molecule has 0 aromatic heterocycles. The van der Waals surface area contributed by atoms with E-state index in [0.717, 1.165) is 5.39 Å². The Labute approximate surface area is 148 Å². The number of carbonyl (C=O) groups is 1. The number of non-ortho nitro benzene ring substituents is 1. The van der Waals surface area contributed by atoms with Crippen LogP contribution in [0, 0.1) is 10.1 Å². The van der Waals surface area contributed by atoms with E-state index in [1.807, 2.05) is 12.1 Å². The number of carbonyl (C=O) groups excluding carboxylic acids is 1. The molecule has 0 aliphatic heterocycles. The van der Waals surface area contributed by atoms with Crippen molar-refractivity contribution in [1.29, 1.82) is 0 Å². The van der Waals surface area contributed by atoms with E-state index in [4.69, 9.17) is 0 Å². The Morgan fingerprint density at radius 1 is 1.12 bits per heavy atom. The van der Waals surface area contributed by atoms with Crippen molar-refractivity contribution in [2.24, 2.45) is 5.10 Å². The largest absolute Gasteiger partial charge is 0.507 e. The van der Waals surface area contributed by atoms with Crippen LogP contribution in [0.1, 0.15) is 22.8 Å². The Balaban J connectivity index is 1.89. The molecule has 7 nitrogen and oxygen atoms in total. The molecule has 0 atom stereocenters. The molecule has 3 rings (SSSR count). The molecule has 0 aliphatic rings. The van der Waals surface area contributed by atoms with Crippen LogP contribution >= 0.6 is 0 Å². The third-order valence-corrected chi connectivity index (χ3v) is 3.93. The zero-order valence-electron chi connectivity index (χ0n) is 13.8. The molecule has 3 aromatic rings. The van der Waals surface area contributed by atoms with Gasteiger partial charge in [0.2, 0.25) is 0 Å². The van der Waals surface area contributed by atoms with Crippen LogP contribution in [0.4, 0.5) is 5.69 Å². The topological polar surface area (TPSA) is 105 Å². The summed E-state index contributed by atoms with van der Waals surface area (Å²) in [6.07, 6.45) is 0. The summed E-state index contributed by atoms with van der Waals surface area (Å²) in [5, 5.41) is 26.4. The highest BCUT2D eigenvalue weighted by Gasteiger charge is 2.15. The van der Waals surface area contributed by atoms with E-state index < -0.39 is 10.8 Å². The van der Waals surface area contributed by atoms with Crippen LogP contribution in [0.25, 0.3) is 10.8 Å². The van der Waals surface area contributed by atoms with Gasteiger partial charge in [-0.25, -0.2) is 5.43 Å². The number of phenols is 1. The second-order valence-corrected chi connectivity index (χ2v) is 5.63. The van der Waals surface area contributed by atoms with E-state index in [2.05, 4.69) is 10.5 Å². The third kappa shape index (κ3) is 3.36. The lowest BCUT2D eigenvalue weighted by Gasteiger charge is -2.08. The molecule has 3 aromatic carbocycles. The van der Waals surface area contributed by atoms with E-state index in [-0.39, 0.29) is 17.0 Å². The van der Waals surface area contributed by atoms with Crippen molar-refractivity contribution in [3.8, 4) is 5.75 Å². The smallest absolute Gasteiger partial charge is 0.275 e. The first-order chi connectivity index (χ1) is 12.5. The minimum atomic E-state index is -0.566. The van der Waals surface area contributed by atoms with Crippen LogP contribution in [0.3, 0.4) is 0 Å². The number of hydrazone groups is 1. The van der Waals surface area contributed by atoms with Gasteiger partial charge in [0.05, 0.1) is 16.2 Å². The van der Waals surface area contributed by atoms with Gasteiger partial charge in [-0.3, -0.25) is 14.9 Å². The van der Waals surface area contributed by atoms with Gasteiger partial charge in [-0.15, -0.1) is 0 Å². The van der Waals surface area contributed by atoms with E-state index in [0.29, 0.717) is 16.7 Å². The molecular formula is C19H15N3O4. The van der Waals surface area contributed by atoms with Gasteiger partial charge in [0.1, 0.15) is 5.75 Å². The predicted octanol–water partition coefficient (Wildman–Crippen LogP) is 3.61. The third-order valence-electron chi connectivity index (χ3n) is 3.93. The summed E-state index contributed by atoms with van der Waals surface area (Å²) in [6, 6.07) is 16.3. The highest BCUT2D eigenvalue weighted by atomic mass is 16.6. The minimum Gasteiger partial charge on any atom is -0.507 e. The molecule has 1 amide bonds. The number of hydrogen-bond donors (Lipinski definition) is 2. The molecule has 0 bridgehead atoms. The van der Waals surface area contributed by atoms with Gasteiger partial charge >= 0.3 is 0 Å². The molecule has 0 heterocycles. The van der Waals surface area contributed by atoms with Gasteiger partial charge in [-0.2, -0.15) is 5.10 Å². The lowest BCUT2D eigenvalue weighted by atomic mass is 10.0. The number of nitrogens with one attached hydrogen (secondary N) is 1. The Bertz CT molecular complexity index is 1040. The molecule has 0 saturated carbocycles. The monoisotopic (exact) mass is 349 g/mol. The second-order valence-electron chi connectivity index (χ2n) is 5.63. The molecule has 0 unspecified atom stereocenters. The predicted molar refractivity (Wildman–Crippen MR) is 98.4 cm³/mol. The number of aromatic hydroxyl groups is 1. The summed E-state index contributed by atoms with van der Waals surface area (Å²) in [4.78, 5) is 22.9. The quantitative estimate of drug-likeness (QED) is 0.426. The van der Waals surface area contributed by atoms with Crippen LogP contribution in [0.5, 0.6) is 5.75 Å². The van der Waals surface area contributed by atoms with Crippen molar-refractivity contribution in [2.75, 3.05) is 0 Å². The molecule has 0 radical (unpaired) electrons. The number of nitro groups is 1. The fourth-order valence-corrected chi connectivity index (χ4v) is 2.60. The number of benzene rings is 3. The highest BCUT2D eigenvalue weighted by molar-refractivity contribution is 6.10. The number of nitrogens with zero attached hydrogens (tertiary/aromatic N) is 2. The first-order valence-corrected chi connectivity index (χ1v) is 7.77. The van der Waals surface area contributed by atoms with Crippen molar-refractivity contribution >= 4 is 28.1 Å². The van der Waals surface area contributed by atoms with E-state index in [1.165, 1.54) is 18.2 Å². The zero-order chi connectivity index (χ0) is 18.7. The first kappa shape index (κ1) is 17.1. The summed E-state index contributed by atoms with van der Waals surface area (Å²) >= 11 is 0. The lowest BCUT2D eigenvalue weighted by molar-refractivity contribution is -0.384. The van der Waals surface area contributed by atoms with Gasteiger partial charge in [0, 0.05) is 17.7 Å². The van der Waals surface area contributed by atoms with Gasteiger partial charge in [0.15, 0.2) is 0 Å². The second kappa shape index (κ2) is 7.02. The van der Waals surface area contributed by atoms with Crippen LogP contribution in [-0.4, -0.2) is 21.6 Å². The van der Waals surface area contributed by atoms with Gasteiger partial charge in [0.25, 0.3) is 11.6 Å². The van der Waals surface area contributed by atoms with Crippen molar-refractivity contribution in [2.45, 2.75) is 6.92 Å². The van der Waals surface area contributed by atoms with Crippen molar-refractivity contribution in [3.05, 3.63) is 81.9 Å².